The molecular formula is C26H20Br3N3O4. The fourth-order valence-electron chi connectivity index (χ4n) is 3.43. The van der Waals surface area contributed by atoms with Crippen molar-refractivity contribution in [2.45, 2.75) is 13.1 Å². The zero-order chi connectivity index (χ0) is 24.1. The van der Waals surface area contributed by atoms with Gasteiger partial charge in [-0.1, -0.05) is 28.1 Å². The van der Waals surface area contributed by atoms with Gasteiger partial charge in [0.2, 0.25) is 24.7 Å². The first-order valence-corrected chi connectivity index (χ1v) is 11.2. The van der Waals surface area contributed by atoms with Gasteiger partial charge in [-0.2, -0.15) is 9.13 Å². The van der Waals surface area contributed by atoms with Gasteiger partial charge in [0.1, 0.15) is 0 Å². The van der Waals surface area contributed by atoms with E-state index in [9.17, 15) is 19.7 Å². The Morgan fingerprint density at radius 1 is 0.667 bits per heavy atom. The number of carbonyl (C=O) groups is 2. The number of Topliss-reactive ketones (excluding diaryl/α,β-unsaturated/α-hetero) is 2. The number of halogens is 3. The molecule has 0 aliphatic rings. The molecule has 2 aromatic heterocycles. The molecule has 0 spiro atoms. The average molecular weight is 678 g/mol. The number of non-ortho nitro benzene ring substituents is 1. The topological polar surface area (TPSA) is 85.0 Å². The largest absolute Gasteiger partial charge is 1.00 e. The van der Waals surface area contributed by atoms with Crippen molar-refractivity contribution >= 4 is 33.2 Å². The van der Waals surface area contributed by atoms with Gasteiger partial charge < -0.3 is 34.0 Å². The summed E-state index contributed by atoms with van der Waals surface area (Å²) < 4.78 is 4.52. The lowest BCUT2D eigenvalue weighted by Gasteiger charge is -2.02. The molecule has 0 fully saturated rings. The van der Waals surface area contributed by atoms with Gasteiger partial charge in [0.05, 0.1) is 4.92 Å². The van der Waals surface area contributed by atoms with Gasteiger partial charge >= 0.3 is 0 Å². The molecule has 0 saturated heterocycles. The zero-order valence-corrected chi connectivity index (χ0v) is 23.5. The standard InChI is InChI=1S/C26H20BrN3O4.2BrH/c27-23-5-1-21(2-6-23)25(31)17-28-13-9-19(10-14-28)20-11-15-29(16-12-20)18-26(32)22-3-7-24(8-4-22)30(33)34;;/h1-16H,17-18H2;2*1H/q+2;;/p-2. The Morgan fingerprint density at radius 3 is 1.39 bits per heavy atom. The van der Waals surface area contributed by atoms with E-state index in [0.717, 1.165) is 15.6 Å². The van der Waals surface area contributed by atoms with Crippen molar-refractivity contribution in [1.29, 1.82) is 0 Å². The Morgan fingerprint density at radius 2 is 1.03 bits per heavy atom. The van der Waals surface area contributed by atoms with Crippen LogP contribution in [0, 0.1) is 10.1 Å². The number of nitrogens with zero attached hydrogens (tertiary/aromatic N) is 3. The van der Waals surface area contributed by atoms with Crippen LogP contribution in [0.3, 0.4) is 0 Å². The summed E-state index contributed by atoms with van der Waals surface area (Å²) in [5, 5.41) is 10.8. The molecule has 10 heteroatoms. The van der Waals surface area contributed by atoms with Gasteiger partial charge in [0.25, 0.3) is 5.69 Å². The predicted octanol–water partition coefficient (Wildman–Crippen LogP) is -1.63. The van der Waals surface area contributed by atoms with E-state index < -0.39 is 4.92 Å². The summed E-state index contributed by atoms with van der Waals surface area (Å²) in [5.74, 6) is -0.104. The second kappa shape index (κ2) is 13.3. The molecule has 2 aromatic carbocycles. The molecule has 7 nitrogen and oxygen atoms in total. The molecule has 2 heterocycles. The summed E-state index contributed by atoms with van der Waals surface area (Å²) in [6.45, 7) is 0.381. The van der Waals surface area contributed by atoms with Crippen LogP contribution in [-0.4, -0.2) is 16.5 Å². The quantitative estimate of drug-likeness (QED) is 0.0972. The highest BCUT2D eigenvalue weighted by atomic mass is 79.9. The van der Waals surface area contributed by atoms with Gasteiger partial charge in [0.15, 0.2) is 24.8 Å². The molecule has 36 heavy (non-hydrogen) atoms. The Hall–Kier alpha value is -3.08. The summed E-state index contributed by atoms with van der Waals surface area (Å²) >= 11 is 3.37. The Balaban J connectivity index is 0.00000228. The molecule has 4 aromatic rings. The van der Waals surface area contributed by atoms with E-state index in [1.807, 2.05) is 65.8 Å². The van der Waals surface area contributed by atoms with Crippen LogP contribution < -0.4 is 43.1 Å². The molecule has 0 N–H and O–H groups in total. The number of ketones is 2. The molecule has 0 aliphatic heterocycles. The van der Waals surface area contributed by atoms with Crippen LogP contribution in [0.4, 0.5) is 5.69 Å². The summed E-state index contributed by atoms with van der Waals surface area (Å²) in [6, 6.07) is 20.6. The van der Waals surface area contributed by atoms with E-state index in [1.54, 1.807) is 16.7 Å². The normalized spacial score (nSPS) is 10.0. The van der Waals surface area contributed by atoms with Crippen LogP contribution in [-0.2, 0) is 13.1 Å². The number of rotatable bonds is 8. The number of hydrogen-bond acceptors (Lipinski definition) is 4. The van der Waals surface area contributed by atoms with Gasteiger partial charge in [-0.25, -0.2) is 0 Å². The van der Waals surface area contributed by atoms with Crippen molar-refractivity contribution in [3.05, 3.63) is 123 Å². The highest BCUT2D eigenvalue weighted by Crippen LogP contribution is 2.16. The van der Waals surface area contributed by atoms with Crippen LogP contribution in [0.25, 0.3) is 11.1 Å². The number of nitro benzene ring substituents is 1. The summed E-state index contributed by atoms with van der Waals surface area (Å²) in [7, 11) is 0. The fourth-order valence-corrected chi connectivity index (χ4v) is 3.69. The fraction of sp³-hybridized carbons (Fsp3) is 0.0769. The van der Waals surface area contributed by atoms with Crippen molar-refractivity contribution in [3.8, 4) is 11.1 Å². The van der Waals surface area contributed by atoms with Crippen molar-refractivity contribution in [2.75, 3.05) is 0 Å². The van der Waals surface area contributed by atoms with Crippen molar-refractivity contribution < 1.29 is 57.6 Å². The van der Waals surface area contributed by atoms with Crippen LogP contribution in [0.15, 0.2) is 102 Å². The minimum absolute atomic E-state index is 0. The van der Waals surface area contributed by atoms with Gasteiger partial charge in [0, 0.05) is 52.0 Å². The van der Waals surface area contributed by atoms with Crippen molar-refractivity contribution in [2.24, 2.45) is 0 Å². The number of aromatic nitrogens is 2. The Bertz CT molecular complexity index is 1340. The molecule has 0 unspecified atom stereocenters. The van der Waals surface area contributed by atoms with Crippen LogP contribution >= 0.6 is 15.9 Å². The first kappa shape index (κ1) is 29.2. The number of benzene rings is 2. The maximum Gasteiger partial charge on any atom is 0.269 e. The van der Waals surface area contributed by atoms with Crippen molar-refractivity contribution in [1.82, 2.24) is 0 Å². The molecule has 184 valence electrons. The van der Waals surface area contributed by atoms with Crippen LogP contribution in [0.2, 0.25) is 0 Å². The smallest absolute Gasteiger partial charge is 0.269 e. The molecule has 0 atom stereocenters. The monoisotopic (exact) mass is 675 g/mol. The lowest BCUT2D eigenvalue weighted by atomic mass is 10.1. The van der Waals surface area contributed by atoms with E-state index in [-0.39, 0.29) is 64.3 Å². The second-order valence-electron chi connectivity index (χ2n) is 7.68. The number of hydrogen-bond donors (Lipinski definition) is 0. The van der Waals surface area contributed by atoms with Crippen LogP contribution in [0.5, 0.6) is 0 Å². The molecule has 0 bridgehead atoms. The lowest BCUT2D eigenvalue weighted by Crippen LogP contribution is -3.00. The Kier molecular flexibility index (Phi) is 10.8. The SMILES string of the molecule is O=C(C[n+]1ccc(-c2cc[n+](CC(=O)c3ccc([N+](=O)[O-])cc3)cc2)cc1)c1ccc(Br)cc1.[Br-].[Br-]. The zero-order valence-electron chi connectivity index (χ0n) is 18.8. The molecule has 4 rings (SSSR count). The van der Waals surface area contributed by atoms with E-state index in [2.05, 4.69) is 15.9 Å². The third-order valence-electron chi connectivity index (χ3n) is 5.33. The Labute approximate surface area is 237 Å². The molecule has 0 amide bonds. The van der Waals surface area contributed by atoms with E-state index >= 15 is 0 Å². The molecule has 0 saturated carbocycles. The number of carbonyl (C=O) groups excluding carboxylic acids is 2. The second-order valence-corrected chi connectivity index (χ2v) is 8.59. The predicted molar refractivity (Wildman–Crippen MR) is 128 cm³/mol. The minimum atomic E-state index is -0.493. The van der Waals surface area contributed by atoms with Gasteiger partial charge in [-0.05, 0) is 35.4 Å². The summed E-state index contributed by atoms with van der Waals surface area (Å²) in [6.07, 6.45) is 7.37. The molecular weight excluding hydrogens is 658 g/mol. The van der Waals surface area contributed by atoms with Gasteiger partial charge in [-0.3, -0.25) is 19.7 Å². The van der Waals surface area contributed by atoms with Crippen molar-refractivity contribution in [3.63, 3.8) is 0 Å². The summed E-state index contributed by atoms with van der Waals surface area (Å²) in [4.78, 5) is 35.2. The summed E-state index contributed by atoms with van der Waals surface area (Å²) in [5.41, 5.74) is 3.00. The maximum atomic E-state index is 12.5. The number of nitro groups is 1. The third kappa shape index (κ3) is 7.46. The first-order chi connectivity index (χ1) is 16.4. The lowest BCUT2D eigenvalue weighted by molar-refractivity contribution is -0.683. The maximum absolute atomic E-state index is 12.5. The number of pyridine rings is 2. The molecule has 0 radical (unpaired) electrons. The average Bonchev–Trinajstić information content (AvgIpc) is 2.85. The third-order valence-corrected chi connectivity index (χ3v) is 5.86. The van der Waals surface area contributed by atoms with E-state index in [0.29, 0.717) is 11.1 Å². The highest BCUT2D eigenvalue weighted by Gasteiger charge is 2.15. The van der Waals surface area contributed by atoms with Gasteiger partial charge in [-0.15, -0.1) is 0 Å². The van der Waals surface area contributed by atoms with E-state index in [4.69, 9.17) is 0 Å². The van der Waals surface area contributed by atoms with Crippen LogP contribution in [0.1, 0.15) is 20.7 Å². The minimum Gasteiger partial charge on any atom is -1.00 e. The van der Waals surface area contributed by atoms with E-state index in [1.165, 1.54) is 24.3 Å². The first-order valence-electron chi connectivity index (χ1n) is 10.4. The highest BCUT2D eigenvalue weighted by molar-refractivity contribution is 9.10. The molecule has 0 aliphatic carbocycles.